The normalized spacial score (nSPS) is 20.5. The summed E-state index contributed by atoms with van der Waals surface area (Å²) in [6.07, 6.45) is 47.8. The quantitative estimate of drug-likeness (QED) is 0.0215. The Balaban J connectivity index is 2.30. The van der Waals surface area contributed by atoms with Crippen LogP contribution in [0.2, 0.25) is 0 Å². The number of ether oxygens (including phenoxy) is 2. The zero-order chi connectivity index (χ0) is 51.1. The lowest BCUT2D eigenvalue weighted by Crippen LogP contribution is -2.60. The molecule has 0 radical (unpaired) electrons. The highest BCUT2D eigenvalue weighted by Crippen LogP contribution is 2.23. The number of allylic oxidation sites excluding steroid dienone is 6. The van der Waals surface area contributed by atoms with Crippen molar-refractivity contribution in [1.82, 2.24) is 5.32 Å². The first-order chi connectivity index (χ1) is 34.2. The SMILES string of the molecule is CCCCCC/C=C/CC/C=C/CC/C=C/CCCC(O)C(O)C(COC1OC(CO)C(O)C(O)C1O)NC(=O)C(O)CCCCCCCCCCCCCCCCCCCCCCCCCCCC. The Morgan fingerprint density at radius 2 is 0.857 bits per heavy atom. The number of hydrogen-bond acceptors (Lipinski definition) is 10. The second kappa shape index (κ2) is 48.3. The van der Waals surface area contributed by atoms with E-state index >= 15 is 0 Å². The molecule has 0 aliphatic carbocycles. The molecule has 1 fully saturated rings. The molecule has 1 saturated heterocycles. The summed E-state index contributed by atoms with van der Waals surface area (Å²) in [7, 11) is 0. The Labute approximate surface area is 428 Å². The average molecular weight is 995 g/mol. The van der Waals surface area contributed by atoms with Gasteiger partial charge in [0.15, 0.2) is 6.29 Å². The van der Waals surface area contributed by atoms with Crippen molar-refractivity contribution in [3.05, 3.63) is 36.5 Å². The van der Waals surface area contributed by atoms with Crippen molar-refractivity contribution in [3.63, 3.8) is 0 Å². The lowest BCUT2D eigenvalue weighted by molar-refractivity contribution is -0.303. The number of carbonyl (C=O) groups excluding carboxylic acids is 1. The Hall–Kier alpha value is -1.67. The molecule has 412 valence electrons. The predicted octanol–water partition coefficient (Wildman–Crippen LogP) is 12.3. The van der Waals surface area contributed by atoms with E-state index in [4.69, 9.17) is 9.47 Å². The van der Waals surface area contributed by atoms with E-state index in [2.05, 4.69) is 55.6 Å². The fraction of sp³-hybridized carbons (Fsp3) is 0.881. The molecule has 0 aromatic heterocycles. The summed E-state index contributed by atoms with van der Waals surface area (Å²) in [4.78, 5) is 13.2. The molecule has 1 amide bonds. The summed E-state index contributed by atoms with van der Waals surface area (Å²) in [5.41, 5.74) is 0. The van der Waals surface area contributed by atoms with Crippen LogP contribution in [0.1, 0.15) is 264 Å². The van der Waals surface area contributed by atoms with Gasteiger partial charge in [0.05, 0.1) is 25.4 Å². The van der Waals surface area contributed by atoms with Crippen molar-refractivity contribution >= 4 is 5.91 Å². The molecule has 11 nitrogen and oxygen atoms in total. The molecule has 9 atom stereocenters. The Morgan fingerprint density at radius 1 is 0.486 bits per heavy atom. The zero-order valence-corrected chi connectivity index (χ0v) is 45.0. The van der Waals surface area contributed by atoms with E-state index in [9.17, 15) is 40.5 Å². The summed E-state index contributed by atoms with van der Waals surface area (Å²) in [5, 5.41) is 76.1. The third kappa shape index (κ3) is 36.3. The van der Waals surface area contributed by atoms with Crippen LogP contribution in [0, 0.1) is 0 Å². The van der Waals surface area contributed by atoms with Crippen LogP contribution >= 0.6 is 0 Å². The predicted molar refractivity (Wildman–Crippen MR) is 289 cm³/mol. The van der Waals surface area contributed by atoms with Gasteiger partial charge >= 0.3 is 0 Å². The minimum absolute atomic E-state index is 0.242. The number of aliphatic hydroxyl groups excluding tert-OH is 7. The van der Waals surface area contributed by atoms with E-state index in [1.54, 1.807) is 0 Å². The van der Waals surface area contributed by atoms with Gasteiger partial charge in [-0.3, -0.25) is 4.79 Å². The van der Waals surface area contributed by atoms with E-state index in [0.717, 1.165) is 44.9 Å². The molecule has 1 heterocycles. The van der Waals surface area contributed by atoms with Crippen LogP contribution in [-0.2, 0) is 14.3 Å². The molecular weight excluding hydrogens is 883 g/mol. The molecule has 1 rings (SSSR count). The maximum absolute atomic E-state index is 13.2. The van der Waals surface area contributed by atoms with Gasteiger partial charge in [-0.15, -0.1) is 0 Å². The van der Waals surface area contributed by atoms with E-state index < -0.39 is 74.2 Å². The van der Waals surface area contributed by atoms with E-state index in [0.29, 0.717) is 19.3 Å². The summed E-state index contributed by atoms with van der Waals surface area (Å²) in [6.45, 7) is 3.44. The molecular formula is C59H111NO10. The van der Waals surface area contributed by atoms with Crippen molar-refractivity contribution in [3.8, 4) is 0 Å². The number of aliphatic hydroxyl groups is 7. The number of amides is 1. The Kier molecular flexibility index (Phi) is 45.8. The number of carbonyl (C=O) groups is 1. The highest BCUT2D eigenvalue weighted by molar-refractivity contribution is 5.80. The summed E-state index contributed by atoms with van der Waals surface area (Å²) >= 11 is 0. The monoisotopic (exact) mass is 994 g/mol. The first kappa shape index (κ1) is 66.3. The zero-order valence-electron chi connectivity index (χ0n) is 45.0. The van der Waals surface area contributed by atoms with E-state index in [1.807, 2.05) is 0 Å². The van der Waals surface area contributed by atoms with Crippen LogP contribution in [0.3, 0.4) is 0 Å². The first-order valence-corrected chi connectivity index (χ1v) is 29.4. The highest BCUT2D eigenvalue weighted by atomic mass is 16.7. The molecule has 0 bridgehead atoms. The maximum Gasteiger partial charge on any atom is 0.249 e. The summed E-state index contributed by atoms with van der Waals surface area (Å²) < 4.78 is 11.1. The number of nitrogens with one attached hydrogen (secondary N) is 1. The molecule has 1 aliphatic heterocycles. The van der Waals surface area contributed by atoms with Crippen LogP contribution in [0.15, 0.2) is 36.5 Å². The first-order valence-electron chi connectivity index (χ1n) is 29.4. The maximum atomic E-state index is 13.2. The van der Waals surface area contributed by atoms with Crippen molar-refractivity contribution in [2.75, 3.05) is 13.2 Å². The topological polar surface area (TPSA) is 189 Å². The second-order valence-corrected chi connectivity index (χ2v) is 20.7. The van der Waals surface area contributed by atoms with Crippen LogP contribution in [0.5, 0.6) is 0 Å². The van der Waals surface area contributed by atoms with Gasteiger partial charge < -0.3 is 50.5 Å². The Bertz CT molecular complexity index is 1230. The van der Waals surface area contributed by atoms with Gasteiger partial charge in [0.1, 0.15) is 36.6 Å². The minimum Gasteiger partial charge on any atom is -0.394 e. The fourth-order valence-electron chi connectivity index (χ4n) is 9.36. The van der Waals surface area contributed by atoms with Crippen molar-refractivity contribution in [1.29, 1.82) is 0 Å². The third-order valence-corrected chi connectivity index (χ3v) is 14.2. The molecule has 9 unspecified atom stereocenters. The molecule has 1 aliphatic rings. The van der Waals surface area contributed by atoms with Gasteiger partial charge in [0.2, 0.25) is 5.91 Å². The second-order valence-electron chi connectivity index (χ2n) is 20.7. The van der Waals surface area contributed by atoms with Gasteiger partial charge in [-0.25, -0.2) is 0 Å². The summed E-state index contributed by atoms with van der Waals surface area (Å²) in [5.74, 6) is -0.709. The fourth-order valence-corrected chi connectivity index (χ4v) is 9.36. The van der Waals surface area contributed by atoms with Gasteiger partial charge in [-0.2, -0.15) is 0 Å². The van der Waals surface area contributed by atoms with E-state index in [1.165, 1.54) is 173 Å². The molecule has 70 heavy (non-hydrogen) atoms. The number of unbranched alkanes of at least 4 members (excludes halogenated alkanes) is 32. The van der Waals surface area contributed by atoms with Gasteiger partial charge in [0.25, 0.3) is 0 Å². The largest absolute Gasteiger partial charge is 0.394 e. The molecule has 0 saturated carbocycles. The standard InChI is InChI=1S/C59H111NO10/c1-3-5-7-9-11-13-15-17-19-21-22-23-24-25-26-27-28-29-31-33-35-37-39-41-43-45-47-52(63)58(68)60-50(49-69-59-57(67)56(66)55(65)53(48-61)70-59)54(64)51(62)46-44-42-40-38-36-34-32-30-20-18-16-14-12-10-8-6-4-2/h14,16,30,32,38,40,50-57,59,61-67H,3-13,15,17-29,31,33-37,39,41-49H2,1-2H3,(H,60,68)/b16-14+,32-30+,40-38+. The Morgan fingerprint density at radius 3 is 1.27 bits per heavy atom. The van der Waals surface area contributed by atoms with Crippen molar-refractivity contribution in [2.24, 2.45) is 0 Å². The molecule has 0 aromatic carbocycles. The van der Waals surface area contributed by atoms with Crippen LogP contribution < -0.4 is 5.32 Å². The highest BCUT2D eigenvalue weighted by Gasteiger charge is 2.44. The van der Waals surface area contributed by atoms with Gasteiger partial charge in [-0.1, -0.05) is 237 Å². The lowest BCUT2D eigenvalue weighted by atomic mass is 9.98. The van der Waals surface area contributed by atoms with E-state index in [-0.39, 0.29) is 12.8 Å². The van der Waals surface area contributed by atoms with Crippen LogP contribution in [0.4, 0.5) is 0 Å². The molecule has 11 heteroatoms. The molecule has 0 spiro atoms. The lowest BCUT2D eigenvalue weighted by Gasteiger charge is -2.40. The van der Waals surface area contributed by atoms with Crippen LogP contribution in [-0.4, -0.2) is 110 Å². The van der Waals surface area contributed by atoms with Gasteiger partial charge in [0, 0.05) is 0 Å². The summed E-state index contributed by atoms with van der Waals surface area (Å²) in [6, 6.07) is -1.19. The average Bonchev–Trinajstić information content (AvgIpc) is 3.36. The van der Waals surface area contributed by atoms with Crippen LogP contribution in [0.25, 0.3) is 0 Å². The molecule has 8 N–H and O–H groups in total. The van der Waals surface area contributed by atoms with Gasteiger partial charge in [-0.05, 0) is 64.2 Å². The third-order valence-electron chi connectivity index (χ3n) is 14.2. The smallest absolute Gasteiger partial charge is 0.249 e. The van der Waals surface area contributed by atoms with Crippen molar-refractivity contribution < 1.29 is 50.0 Å². The minimum atomic E-state index is -1.67. The number of hydrogen-bond donors (Lipinski definition) is 8. The van der Waals surface area contributed by atoms with Crippen molar-refractivity contribution in [2.45, 2.75) is 319 Å². The number of rotatable bonds is 50. The molecule has 0 aromatic rings.